The third-order valence-electron chi connectivity index (χ3n) is 1.70. The van der Waals surface area contributed by atoms with Crippen molar-refractivity contribution in [1.29, 1.82) is 5.26 Å². The summed E-state index contributed by atoms with van der Waals surface area (Å²) >= 11 is 3.25. The molecule has 5 heteroatoms. The molecule has 1 aromatic rings. The summed E-state index contributed by atoms with van der Waals surface area (Å²) in [4.78, 5) is 3.98. The number of nitrogens with one attached hydrogen (secondary N) is 1. The Bertz CT molecular complexity index is 358. The van der Waals surface area contributed by atoms with Gasteiger partial charge >= 0.3 is 0 Å². The Kier molecular flexibility index (Phi) is 3.72. The number of nitrogens with two attached hydrogens (primary N) is 1. The van der Waals surface area contributed by atoms with E-state index in [1.54, 1.807) is 12.3 Å². The summed E-state index contributed by atoms with van der Waals surface area (Å²) in [6, 6.07) is 3.97. The molecule has 0 saturated carbocycles. The Morgan fingerprint density at radius 1 is 1.79 bits per heavy atom. The zero-order valence-electron chi connectivity index (χ0n) is 7.79. The van der Waals surface area contributed by atoms with Gasteiger partial charge in [0.15, 0.2) is 0 Å². The zero-order chi connectivity index (χ0) is 10.6. The van der Waals surface area contributed by atoms with Crippen LogP contribution in [0.15, 0.2) is 16.9 Å². The van der Waals surface area contributed by atoms with Crippen molar-refractivity contribution in [2.75, 3.05) is 11.1 Å². The zero-order valence-corrected chi connectivity index (χ0v) is 9.37. The Morgan fingerprint density at radius 3 is 3.14 bits per heavy atom. The minimum Gasteiger partial charge on any atom is -0.396 e. The summed E-state index contributed by atoms with van der Waals surface area (Å²) in [7, 11) is 0. The second-order valence-electron chi connectivity index (χ2n) is 3.00. The summed E-state index contributed by atoms with van der Waals surface area (Å²) in [6.45, 7) is 1.93. The molecule has 4 nitrogen and oxygen atoms in total. The van der Waals surface area contributed by atoms with Crippen LogP contribution in [0.2, 0.25) is 0 Å². The van der Waals surface area contributed by atoms with Crippen LogP contribution < -0.4 is 11.1 Å². The Hall–Kier alpha value is -1.28. The smallest absolute Gasteiger partial charge is 0.108 e. The molecule has 3 N–H and O–H groups in total. The predicted molar refractivity (Wildman–Crippen MR) is 59.7 cm³/mol. The maximum absolute atomic E-state index is 8.50. The molecule has 0 amide bonds. The van der Waals surface area contributed by atoms with E-state index in [2.05, 4.69) is 32.3 Å². The second-order valence-corrected chi connectivity index (χ2v) is 3.81. The van der Waals surface area contributed by atoms with E-state index in [1.807, 2.05) is 6.92 Å². The average Bonchev–Trinajstić information content (AvgIpc) is 2.12. The lowest BCUT2D eigenvalue weighted by atomic mass is 10.2. The van der Waals surface area contributed by atoms with Crippen molar-refractivity contribution in [2.24, 2.45) is 0 Å². The quantitative estimate of drug-likeness (QED) is 0.811. The van der Waals surface area contributed by atoms with Crippen molar-refractivity contribution >= 4 is 27.3 Å². The number of hydrogen-bond acceptors (Lipinski definition) is 4. The van der Waals surface area contributed by atoms with Crippen LogP contribution in [0.3, 0.4) is 0 Å². The van der Waals surface area contributed by atoms with Gasteiger partial charge in [-0.15, -0.1) is 0 Å². The molecule has 74 valence electrons. The molecular formula is C9H11BrN4. The SMILES string of the molecule is CC(CC#N)Nc1cc(Br)ncc1N. The van der Waals surface area contributed by atoms with Crippen molar-refractivity contribution in [2.45, 2.75) is 19.4 Å². The lowest BCUT2D eigenvalue weighted by Crippen LogP contribution is -2.15. The first kappa shape index (κ1) is 10.8. The fourth-order valence-electron chi connectivity index (χ4n) is 1.02. The van der Waals surface area contributed by atoms with E-state index < -0.39 is 0 Å². The number of aromatic nitrogens is 1. The van der Waals surface area contributed by atoms with Gasteiger partial charge < -0.3 is 11.1 Å². The molecule has 0 bridgehead atoms. The number of pyridine rings is 1. The lowest BCUT2D eigenvalue weighted by molar-refractivity contribution is 0.821. The van der Waals surface area contributed by atoms with Gasteiger partial charge in [0.2, 0.25) is 0 Å². The molecule has 0 aliphatic carbocycles. The fourth-order valence-corrected chi connectivity index (χ4v) is 1.35. The Balaban J connectivity index is 2.76. The Morgan fingerprint density at radius 2 is 2.50 bits per heavy atom. The van der Waals surface area contributed by atoms with E-state index in [4.69, 9.17) is 11.0 Å². The third-order valence-corrected chi connectivity index (χ3v) is 2.13. The van der Waals surface area contributed by atoms with E-state index in [-0.39, 0.29) is 6.04 Å². The van der Waals surface area contributed by atoms with Gasteiger partial charge in [0, 0.05) is 6.04 Å². The van der Waals surface area contributed by atoms with Crippen LogP contribution in [0.5, 0.6) is 0 Å². The topological polar surface area (TPSA) is 74.7 Å². The van der Waals surface area contributed by atoms with Crippen LogP contribution in [0, 0.1) is 11.3 Å². The first-order valence-electron chi connectivity index (χ1n) is 4.18. The maximum atomic E-state index is 8.50. The van der Waals surface area contributed by atoms with E-state index in [0.717, 1.165) is 10.3 Å². The molecule has 0 saturated heterocycles. The van der Waals surface area contributed by atoms with Gasteiger partial charge in [0.25, 0.3) is 0 Å². The van der Waals surface area contributed by atoms with Gasteiger partial charge in [0.05, 0.1) is 30.1 Å². The minimum absolute atomic E-state index is 0.0802. The molecule has 1 rings (SSSR count). The van der Waals surface area contributed by atoms with Gasteiger partial charge in [0.1, 0.15) is 4.60 Å². The first-order chi connectivity index (χ1) is 6.63. The van der Waals surface area contributed by atoms with Crippen LogP contribution in [0.25, 0.3) is 0 Å². The fraction of sp³-hybridized carbons (Fsp3) is 0.333. The van der Waals surface area contributed by atoms with Crippen molar-refractivity contribution < 1.29 is 0 Å². The molecule has 0 radical (unpaired) electrons. The van der Waals surface area contributed by atoms with E-state index in [1.165, 1.54) is 0 Å². The van der Waals surface area contributed by atoms with Crippen LogP contribution >= 0.6 is 15.9 Å². The first-order valence-corrected chi connectivity index (χ1v) is 4.97. The van der Waals surface area contributed by atoms with Gasteiger partial charge in [-0.3, -0.25) is 0 Å². The number of anilines is 2. The van der Waals surface area contributed by atoms with Crippen LogP contribution in [-0.2, 0) is 0 Å². The summed E-state index contributed by atoms with van der Waals surface area (Å²) < 4.78 is 0.721. The van der Waals surface area contributed by atoms with Crippen LogP contribution in [-0.4, -0.2) is 11.0 Å². The summed E-state index contributed by atoms with van der Waals surface area (Å²) in [6.07, 6.45) is 2.02. The number of rotatable bonds is 3. The molecule has 1 heterocycles. The van der Waals surface area contributed by atoms with Crippen LogP contribution in [0.4, 0.5) is 11.4 Å². The molecular weight excluding hydrogens is 244 g/mol. The highest BCUT2D eigenvalue weighted by atomic mass is 79.9. The number of nitrogen functional groups attached to an aromatic ring is 1. The molecule has 0 aliphatic rings. The van der Waals surface area contributed by atoms with Gasteiger partial charge in [-0.05, 0) is 28.9 Å². The van der Waals surface area contributed by atoms with Crippen molar-refractivity contribution in [3.05, 3.63) is 16.9 Å². The standard InChI is InChI=1S/C9H11BrN4/c1-6(2-3-11)14-8-4-9(10)13-5-7(8)12/h4-6H,2,12H2,1H3,(H,13,14). The van der Waals surface area contributed by atoms with Crippen molar-refractivity contribution in [1.82, 2.24) is 4.98 Å². The van der Waals surface area contributed by atoms with Gasteiger partial charge in [-0.1, -0.05) is 0 Å². The number of nitrogens with zero attached hydrogens (tertiary/aromatic N) is 2. The van der Waals surface area contributed by atoms with E-state index in [0.29, 0.717) is 12.1 Å². The molecule has 14 heavy (non-hydrogen) atoms. The van der Waals surface area contributed by atoms with E-state index >= 15 is 0 Å². The van der Waals surface area contributed by atoms with Crippen molar-refractivity contribution in [3.8, 4) is 6.07 Å². The van der Waals surface area contributed by atoms with Crippen molar-refractivity contribution in [3.63, 3.8) is 0 Å². The monoisotopic (exact) mass is 254 g/mol. The number of nitriles is 1. The minimum atomic E-state index is 0.0802. The largest absolute Gasteiger partial charge is 0.396 e. The second kappa shape index (κ2) is 4.82. The highest BCUT2D eigenvalue weighted by molar-refractivity contribution is 9.10. The number of hydrogen-bond donors (Lipinski definition) is 2. The maximum Gasteiger partial charge on any atom is 0.108 e. The van der Waals surface area contributed by atoms with Gasteiger partial charge in [-0.25, -0.2) is 4.98 Å². The molecule has 0 fully saturated rings. The third kappa shape index (κ3) is 2.89. The molecule has 1 unspecified atom stereocenters. The Labute approximate surface area is 91.3 Å². The molecule has 0 spiro atoms. The highest BCUT2D eigenvalue weighted by Crippen LogP contribution is 2.21. The van der Waals surface area contributed by atoms with Crippen LogP contribution in [0.1, 0.15) is 13.3 Å². The lowest BCUT2D eigenvalue weighted by Gasteiger charge is -2.13. The number of halogens is 1. The molecule has 1 aromatic heterocycles. The summed E-state index contributed by atoms with van der Waals surface area (Å²) in [5.41, 5.74) is 7.09. The predicted octanol–water partition coefficient (Wildman–Crippen LogP) is 2.14. The van der Waals surface area contributed by atoms with Gasteiger partial charge in [-0.2, -0.15) is 5.26 Å². The molecule has 0 aliphatic heterocycles. The summed E-state index contributed by atoms with van der Waals surface area (Å²) in [5.74, 6) is 0. The summed E-state index contributed by atoms with van der Waals surface area (Å²) in [5, 5.41) is 11.6. The molecule has 0 aromatic carbocycles. The van der Waals surface area contributed by atoms with E-state index in [9.17, 15) is 0 Å². The molecule has 1 atom stereocenters. The highest BCUT2D eigenvalue weighted by Gasteiger charge is 2.05. The normalized spacial score (nSPS) is 11.8. The average molecular weight is 255 g/mol.